The number of hydrogen-bond acceptors (Lipinski definition) is 6. The summed E-state index contributed by atoms with van der Waals surface area (Å²) in [5, 5.41) is 0. The van der Waals surface area contributed by atoms with Crippen LogP contribution >= 0.6 is 0 Å². The van der Waals surface area contributed by atoms with Crippen LogP contribution in [-0.2, 0) is 25.7 Å². The monoisotopic (exact) mass is 778 g/mol. The van der Waals surface area contributed by atoms with Crippen LogP contribution in [0.4, 0.5) is 35.1 Å². The van der Waals surface area contributed by atoms with Gasteiger partial charge in [0.15, 0.2) is 23.1 Å². The molecule has 0 bridgehead atoms. The minimum Gasteiger partial charge on any atom is -0.373 e. The van der Waals surface area contributed by atoms with Crippen LogP contribution in [0.3, 0.4) is 0 Å². The van der Waals surface area contributed by atoms with Crippen molar-refractivity contribution in [1.29, 1.82) is 0 Å². The third-order valence-corrected chi connectivity index (χ3v) is 10.5. The van der Waals surface area contributed by atoms with Gasteiger partial charge in [0.25, 0.3) is 0 Å². The normalized spacial score (nSPS) is 13.5. The van der Waals surface area contributed by atoms with Crippen molar-refractivity contribution in [3.8, 4) is 11.5 Å². The molecule has 0 spiro atoms. The van der Waals surface area contributed by atoms with Gasteiger partial charge in [-0.15, -0.1) is 0 Å². The number of alkyl halides is 6. The maximum atomic E-state index is 15.8. The van der Waals surface area contributed by atoms with Gasteiger partial charge in [0.1, 0.15) is 0 Å². The second kappa shape index (κ2) is 16.2. The van der Waals surface area contributed by atoms with E-state index in [1.165, 1.54) is 12.1 Å². The standard InChI is InChI=1S/C36H34F8O6S2/c1-2-3-4-5-6-13-18-29(25-19-21-32(30(37)23-25)49-51(45,46)35(39,40)41)34(26-14-9-7-10-15-26,27-16-11-8-12-17-27)28-20-22-33(31(38)24-28)50-52(47,48)36(42,43)44/h7-12,14-17,19-24,29H,2-6,13,18H2,1H3. The Morgan fingerprint density at radius 1 is 0.558 bits per heavy atom. The van der Waals surface area contributed by atoms with Gasteiger partial charge in [0.2, 0.25) is 0 Å². The Kier molecular flexibility index (Phi) is 12.7. The second-order valence-corrected chi connectivity index (χ2v) is 15.0. The summed E-state index contributed by atoms with van der Waals surface area (Å²) in [5.74, 6) is -6.27. The largest absolute Gasteiger partial charge is 0.534 e. The SMILES string of the molecule is CCCCCCCCC(c1ccc(OS(=O)(=O)C(F)(F)F)c(F)c1)C(c1ccccc1)(c1ccccc1)c1ccc(OS(=O)(=O)C(F)(F)F)c(F)c1. The van der Waals surface area contributed by atoms with Gasteiger partial charge in [-0.05, 0) is 52.9 Å². The smallest absolute Gasteiger partial charge is 0.373 e. The van der Waals surface area contributed by atoms with E-state index >= 15 is 8.78 Å². The van der Waals surface area contributed by atoms with Crippen LogP contribution < -0.4 is 8.37 Å². The molecule has 4 aromatic rings. The Morgan fingerprint density at radius 3 is 1.44 bits per heavy atom. The minimum atomic E-state index is -6.25. The fraction of sp³-hybridized carbons (Fsp3) is 0.333. The van der Waals surface area contributed by atoms with Crippen LogP contribution in [0.5, 0.6) is 11.5 Å². The summed E-state index contributed by atoms with van der Waals surface area (Å²) >= 11 is 0. The maximum Gasteiger partial charge on any atom is 0.534 e. The molecule has 6 nitrogen and oxygen atoms in total. The molecule has 52 heavy (non-hydrogen) atoms. The fourth-order valence-corrected chi connectivity index (χ4v) is 7.15. The zero-order valence-electron chi connectivity index (χ0n) is 27.6. The zero-order valence-corrected chi connectivity index (χ0v) is 29.2. The first-order valence-electron chi connectivity index (χ1n) is 16.1. The summed E-state index contributed by atoms with van der Waals surface area (Å²) in [4.78, 5) is 0. The summed E-state index contributed by atoms with van der Waals surface area (Å²) in [5.41, 5.74) is -12.0. The molecule has 0 fully saturated rings. The van der Waals surface area contributed by atoms with Gasteiger partial charge in [-0.25, -0.2) is 8.78 Å². The molecule has 1 atom stereocenters. The molecule has 0 aliphatic rings. The van der Waals surface area contributed by atoms with E-state index in [9.17, 15) is 43.2 Å². The maximum absolute atomic E-state index is 15.8. The van der Waals surface area contributed by atoms with E-state index in [2.05, 4.69) is 8.37 Å². The van der Waals surface area contributed by atoms with Crippen LogP contribution in [0.1, 0.15) is 80.0 Å². The lowest BCUT2D eigenvalue weighted by Gasteiger charge is -2.43. The van der Waals surface area contributed by atoms with Crippen molar-refractivity contribution >= 4 is 20.2 Å². The minimum absolute atomic E-state index is 0.0792. The van der Waals surface area contributed by atoms with E-state index < -0.39 is 65.7 Å². The molecule has 0 aromatic heterocycles. The lowest BCUT2D eigenvalue weighted by Crippen LogP contribution is -2.37. The molecule has 282 valence electrons. The Bertz CT molecular complexity index is 1980. The highest BCUT2D eigenvalue weighted by molar-refractivity contribution is 7.88. The van der Waals surface area contributed by atoms with Crippen LogP contribution in [0, 0.1) is 11.6 Å². The topological polar surface area (TPSA) is 86.7 Å². The Morgan fingerprint density at radius 2 is 1.00 bits per heavy atom. The van der Waals surface area contributed by atoms with Gasteiger partial charge in [-0.1, -0.05) is 118 Å². The third-order valence-electron chi connectivity index (χ3n) is 8.54. The number of unbranched alkanes of at least 4 members (excludes halogenated alkanes) is 5. The molecule has 0 aliphatic heterocycles. The van der Waals surface area contributed by atoms with Crippen molar-refractivity contribution in [2.24, 2.45) is 0 Å². The van der Waals surface area contributed by atoms with Crippen molar-refractivity contribution in [1.82, 2.24) is 0 Å². The predicted octanol–water partition coefficient (Wildman–Crippen LogP) is 10.3. The first kappa shape index (κ1) is 40.6. The molecule has 0 aliphatic carbocycles. The highest BCUT2D eigenvalue weighted by atomic mass is 32.2. The van der Waals surface area contributed by atoms with Crippen LogP contribution in [0.15, 0.2) is 97.1 Å². The highest BCUT2D eigenvalue weighted by Crippen LogP contribution is 2.53. The molecule has 4 aromatic carbocycles. The summed E-state index contributed by atoms with van der Waals surface area (Å²) in [6, 6.07) is 22.3. The van der Waals surface area contributed by atoms with Crippen molar-refractivity contribution in [3.05, 3.63) is 131 Å². The molecule has 0 amide bonds. The van der Waals surface area contributed by atoms with Crippen LogP contribution in [0.2, 0.25) is 0 Å². The highest BCUT2D eigenvalue weighted by Gasteiger charge is 2.50. The Labute approximate surface area is 296 Å². The van der Waals surface area contributed by atoms with Gasteiger partial charge >= 0.3 is 31.3 Å². The van der Waals surface area contributed by atoms with Gasteiger partial charge in [-0.2, -0.15) is 43.2 Å². The molecular formula is C36H34F8O6S2. The number of halogens is 8. The van der Waals surface area contributed by atoms with E-state index in [0.29, 0.717) is 24.0 Å². The van der Waals surface area contributed by atoms with Crippen LogP contribution in [-0.4, -0.2) is 27.9 Å². The third kappa shape index (κ3) is 8.88. The van der Waals surface area contributed by atoms with E-state index in [4.69, 9.17) is 0 Å². The van der Waals surface area contributed by atoms with E-state index in [-0.39, 0.29) is 17.5 Å². The van der Waals surface area contributed by atoms with E-state index in [0.717, 1.165) is 49.9 Å². The van der Waals surface area contributed by atoms with Gasteiger partial charge in [-0.3, -0.25) is 0 Å². The van der Waals surface area contributed by atoms with Crippen LogP contribution in [0.25, 0.3) is 0 Å². The molecule has 4 rings (SSSR count). The van der Waals surface area contributed by atoms with E-state index in [1.54, 1.807) is 60.7 Å². The van der Waals surface area contributed by atoms with Gasteiger partial charge < -0.3 is 8.37 Å². The molecular weight excluding hydrogens is 745 g/mol. The summed E-state index contributed by atoms with van der Waals surface area (Å²) in [7, 11) is -12.5. The van der Waals surface area contributed by atoms with Crippen molar-refractivity contribution in [2.45, 2.75) is 74.2 Å². The fourth-order valence-electron chi connectivity index (χ4n) is 6.21. The zero-order chi connectivity index (χ0) is 38.4. The summed E-state index contributed by atoms with van der Waals surface area (Å²) in [6.07, 6.45) is 5.14. The molecule has 0 N–H and O–H groups in total. The lowest BCUT2D eigenvalue weighted by molar-refractivity contribution is -0.0505. The van der Waals surface area contributed by atoms with Crippen molar-refractivity contribution < 1.29 is 60.3 Å². The Balaban J connectivity index is 2.00. The molecule has 0 saturated carbocycles. The van der Waals surface area contributed by atoms with Gasteiger partial charge in [0, 0.05) is 5.92 Å². The molecule has 16 heteroatoms. The molecule has 1 unspecified atom stereocenters. The second-order valence-electron chi connectivity index (χ2n) is 12.0. The summed E-state index contributed by atoms with van der Waals surface area (Å²) in [6.45, 7) is 2.04. The quantitative estimate of drug-likeness (QED) is 0.0370. The van der Waals surface area contributed by atoms with Gasteiger partial charge in [0.05, 0.1) is 5.41 Å². The lowest BCUT2D eigenvalue weighted by atomic mass is 9.58. The number of rotatable bonds is 16. The first-order chi connectivity index (χ1) is 24.3. The predicted molar refractivity (Wildman–Crippen MR) is 178 cm³/mol. The first-order valence-corrected chi connectivity index (χ1v) is 18.9. The Hall–Kier alpha value is -4.18. The molecule has 0 radical (unpaired) electrons. The van der Waals surface area contributed by atoms with E-state index in [1.807, 2.05) is 6.92 Å². The molecule has 0 saturated heterocycles. The van der Waals surface area contributed by atoms with Crippen molar-refractivity contribution in [3.63, 3.8) is 0 Å². The van der Waals surface area contributed by atoms with Crippen molar-refractivity contribution in [2.75, 3.05) is 0 Å². The average Bonchev–Trinajstić information content (AvgIpc) is 3.07. The number of benzene rings is 4. The molecule has 0 heterocycles. The number of hydrogen-bond donors (Lipinski definition) is 0. The summed E-state index contributed by atoms with van der Waals surface area (Å²) < 4.78 is 165. The average molecular weight is 779 g/mol.